The van der Waals surface area contributed by atoms with E-state index in [0.29, 0.717) is 0 Å². The predicted molar refractivity (Wildman–Crippen MR) is 67.4 cm³/mol. The van der Waals surface area contributed by atoms with Crippen molar-refractivity contribution in [2.45, 2.75) is 76.8 Å². The first kappa shape index (κ1) is 12.5. The van der Waals surface area contributed by atoms with Crippen molar-refractivity contribution < 1.29 is 0 Å². The summed E-state index contributed by atoms with van der Waals surface area (Å²) in [4.78, 5) is 0. The zero-order valence-corrected chi connectivity index (χ0v) is 10.7. The Bertz CT molecular complexity index is 118. The van der Waals surface area contributed by atoms with E-state index in [2.05, 4.69) is 6.92 Å². The first-order chi connectivity index (χ1) is 6.93. The van der Waals surface area contributed by atoms with Gasteiger partial charge in [0.2, 0.25) is 0 Å². The van der Waals surface area contributed by atoms with E-state index in [4.69, 9.17) is 0 Å². The molecule has 1 saturated carbocycles. The van der Waals surface area contributed by atoms with Crippen LogP contribution in [0.2, 0.25) is 0 Å². The van der Waals surface area contributed by atoms with Crippen molar-refractivity contribution in [1.29, 1.82) is 0 Å². The van der Waals surface area contributed by atoms with Crippen LogP contribution in [0, 0.1) is 0 Å². The lowest BCUT2D eigenvalue weighted by Gasteiger charge is -2.24. The monoisotopic (exact) mass is 213 g/mol. The first-order valence-corrected chi connectivity index (χ1v) is 7.75. The highest BCUT2D eigenvalue weighted by molar-refractivity contribution is 7.38. The molecule has 0 spiro atoms. The lowest BCUT2D eigenvalue weighted by molar-refractivity contribution is 0.517. The topological polar surface area (TPSA) is 0 Å². The fraction of sp³-hybridized carbons (Fsp3) is 1.00. The van der Waals surface area contributed by atoms with Crippen LogP contribution in [-0.4, -0.2) is 11.8 Å². The zero-order valence-electron chi connectivity index (χ0n) is 9.80. The highest BCUT2D eigenvalue weighted by Crippen LogP contribution is 2.36. The van der Waals surface area contributed by atoms with Gasteiger partial charge in [-0.2, -0.15) is 0 Å². The molecule has 0 atom stereocenters. The Morgan fingerprint density at radius 2 is 1.57 bits per heavy atom. The number of hydrogen-bond donors (Lipinski definition) is 0. The standard InChI is InChI=1S/C13H26P/c1-2-3-4-5-6-7-8-12-14-13-10-9-11-13/h13H,2-12H2,1H3. The maximum Gasteiger partial charge on any atom is -0.0170 e. The van der Waals surface area contributed by atoms with E-state index in [1.54, 1.807) is 8.58 Å². The second-order valence-corrected chi connectivity index (χ2v) is 6.15. The number of unbranched alkanes of at least 4 members (excludes halogenated alkanes) is 6. The van der Waals surface area contributed by atoms with Gasteiger partial charge in [-0.15, -0.1) is 0 Å². The van der Waals surface area contributed by atoms with Gasteiger partial charge in [-0.3, -0.25) is 0 Å². The summed E-state index contributed by atoms with van der Waals surface area (Å²) in [6, 6.07) is 0. The van der Waals surface area contributed by atoms with Crippen LogP contribution >= 0.6 is 8.58 Å². The fourth-order valence-electron chi connectivity index (χ4n) is 1.91. The predicted octanol–water partition coefficient (Wildman–Crippen LogP) is 5.24. The minimum Gasteiger partial charge on any atom is -0.0775 e. The minimum absolute atomic E-state index is 1.11. The van der Waals surface area contributed by atoms with E-state index >= 15 is 0 Å². The Kier molecular flexibility index (Phi) is 7.78. The van der Waals surface area contributed by atoms with Gasteiger partial charge in [0.25, 0.3) is 0 Å². The number of hydrogen-bond acceptors (Lipinski definition) is 0. The second-order valence-electron chi connectivity index (χ2n) is 4.61. The van der Waals surface area contributed by atoms with E-state index in [1.807, 2.05) is 0 Å². The second kappa shape index (κ2) is 8.72. The molecule has 1 aliphatic carbocycles. The van der Waals surface area contributed by atoms with Gasteiger partial charge < -0.3 is 0 Å². The van der Waals surface area contributed by atoms with E-state index in [0.717, 1.165) is 5.66 Å². The van der Waals surface area contributed by atoms with Gasteiger partial charge in [-0.1, -0.05) is 60.5 Å². The molecule has 0 aromatic rings. The number of rotatable bonds is 9. The van der Waals surface area contributed by atoms with Crippen molar-refractivity contribution in [3.8, 4) is 0 Å². The smallest absolute Gasteiger partial charge is 0.0170 e. The molecule has 0 saturated heterocycles. The largest absolute Gasteiger partial charge is 0.0775 e. The lowest BCUT2D eigenvalue weighted by atomic mass is 10.00. The third-order valence-corrected chi connectivity index (χ3v) is 4.83. The van der Waals surface area contributed by atoms with Crippen molar-refractivity contribution in [3.63, 3.8) is 0 Å². The van der Waals surface area contributed by atoms with E-state index < -0.39 is 0 Å². The molecule has 0 aliphatic heterocycles. The van der Waals surface area contributed by atoms with Crippen molar-refractivity contribution >= 4 is 8.58 Å². The molecule has 1 fully saturated rings. The quantitative estimate of drug-likeness (QED) is 0.363. The highest BCUT2D eigenvalue weighted by atomic mass is 31.1. The molecule has 1 rings (SSSR count). The molecule has 0 bridgehead atoms. The molecule has 14 heavy (non-hydrogen) atoms. The summed E-state index contributed by atoms with van der Waals surface area (Å²) in [6.45, 7) is 2.29. The van der Waals surface area contributed by atoms with Crippen LogP contribution in [0.4, 0.5) is 0 Å². The molecule has 1 aliphatic rings. The Labute approximate surface area is 92.0 Å². The molecule has 83 valence electrons. The molecule has 0 aromatic heterocycles. The summed E-state index contributed by atoms with van der Waals surface area (Å²) in [5.41, 5.74) is 1.11. The summed E-state index contributed by atoms with van der Waals surface area (Å²) in [7, 11) is 1.77. The van der Waals surface area contributed by atoms with Crippen molar-refractivity contribution in [3.05, 3.63) is 0 Å². The fourth-order valence-corrected chi connectivity index (χ4v) is 3.41. The summed E-state index contributed by atoms with van der Waals surface area (Å²) in [5.74, 6) is 0. The maximum atomic E-state index is 2.29. The zero-order chi connectivity index (χ0) is 10.1. The van der Waals surface area contributed by atoms with Gasteiger partial charge in [-0.05, 0) is 31.1 Å². The van der Waals surface area contributed by atoms with Gasteiger partial charge in [0, 0.05) is 0 Å². The van der Waals surface area contributed by atoms with Crippen LogP contribution in [0.5, 0.6) is 0 Å². The van der Waals surface area contributed by atoms with Crippen LogP contribution < -0.4 is 0 Å². The highest BCUT2D eigenvalue weighted by Gasteiger charge is 2.16. The molecule has 0 unspecified atom stereocenters. The Morgan fingerprint density at radius 3 is 2.14 bits per heavy atom. The molecule has 0 amide bonds. The van der Waals surface area contributed by atoms with Crippen LogP contribution in [0.25, 0.3) is 0 Å². The van der Waals surface area contributed by atoms with Crippen molar-refractivity contribution in [2.75, 3.05) is 6.16 Å². The first-order valence-electron chi connectivity index (χ1n) is 6.60. The Hall–Kier alpha value is 0.430. The summed E-state index contributed by atoms with van der Waals surface area (Å²) in [6.07, 6.45) is 16.3. The summed E-state index contributed by atoms with van der Waals surface area (Å²) >= 11 is 0. The third-order valence-electron chi connectivity index (χ3n) is 3.22. The van der Waals surface area contributed by atoms with Crippen molar-refractivity contribution in [2.24, 2.45) is 0 Å². The molecule has 0 N–H and O–H groups in total. The summed E-state index contributed by atoms with van der Waals surface area (Å²) in [5, 5.41) is 0. The van der Waals surface area contributed by atoms with Gasteiger partial charge >= 0.3 is 0 Å². The van der Waals surface area contributed by atoms with E-state index in [-0.39, 0.29) is 0 Å². The van der Waals surface area contributed by atoms with Crippen molar-refractivity contribution in [1.82, 2.24) is 0 Å². The molecular formula is C13H26P. The van der Waals surface area contributed by atoms with Gasteiger partial charge in [0.15, 0.2) is 0 Å². The normalized spacial score (nSPS) is 17.8. The third kappa shape index (κ3) is 6.02. The minimum atomic E-state index is 1.11. The van der Waals surface area contributed by atoms with E-state index in [1.165, 1.54) is 70.4 Å². The van der Waals surface area contributed by atoms with Gasteiger partial charge in [0.1, 0.15) is 0 Å². The maximum absolute atomic E-state index is 2.29. The Balaban J connectivity index is 1.67. The van der Waals surface area contributed by atoms with Gasteiger partial charge in [0.05, 0.1) is 0 Å². The molecule has 0 nitrogen and oxygen atoms in total. The average Bonchev–Trinajstić information content (AvgIpc) is 2.13. The molecule has 0 aromatic carbocycles. The molecule has 1 radical (unpaired) electrons. The lowest BCUT2D eigenvalue weighted by Crippen LogP contribution is -2.11. The Morgan fingerprint density at radius 1 is 0.929 bits per heavy atom. The van der Waals surface area contributed by atoms with Crippen LogP contribution in [0.1, 0.15) is 71.1 Å². The molecular weight excluding hydrogens is 187 g/mol. The van der Waals surface area contributed by atoms with Crippen LogP contribution in [0.15, 0.2) is 0 Å². The van der Waals surface area contributed by atoms with Gasteiger partial charge in [-0.25, -0.2) is 0 Å². The summed E-state index contributed by atoms with van der Waals surface area (Å²) < 4.78 is 0. The van der Waals surface area contributed by atoms with E-state index in [9.17, 15) is 0 Å². The molecule has 0 heterocycles. The SMILES string of the molecule is CCCCCCCCC[P]C1CCC1. The van der Waals surface area contributed by atoms with Crippen LogP contribution in [0.3, 0.4) is 0 Å². The van der Waals surface area contributed by atoms with Crippen LogP contribution in [-0.2, 0) is 0 Å². The average molecular weight is 213 g/mol. The molecule has 1 heteroatoms.